The van der Waals surface area contributed by atoms with Gasteiger partial charge in [-0.15, -0.1) is 0 Å². The van der Waals surface area contributed by atoms with Gasteiger partial charge in [-0.05, 0) is 70.2 Å². The van der Waals surface area contributed by atoms with Crippen LogP contribution in [0, 0.1) is 0 Å². The van der Waals surface area contributed by atoms with Gasteiger partial charge < -0.3 is 18.9 Å². The van der Waals surface area contributed by atoms with Crippen molar-refractivity contribution in [2.24, 2.45) is 0 Å². The van der Waals surface area contributed by atoms with Crippen molar-refractivity contribution in [3.8, 4) is 23.0 Å². The lowest BCUT2D eigenvalue weighted by Crippen LogP contribution is -2.14. The highest BCUT2D eigenvalue weighted by molar-refractivity contribution is 5.97. The smallest absolute Gasteiger partial charge is 0.343 e. The second kappa shape index (κ2) is 10.5. The molecule has 3 aromatic carbocycles. The monoisotopic (exact) mass is 434 g/mol. The second-order valence-electron chi connectivity index (χ2n) is 7.59. The molecule has 6 nitrogen and oxygen atoms in total. The van der Waals surface area contributed by atoms with Crippen molar-refractivity contribution < 1.29 is 28.5 Å². The average molecular weight is 434 g/mol. The van der Waals surface area contributed by atoms with Crippen molar-refractivity contribution in [3.05, 3.63) is 83.9 Å². The fourth-order valence-electron chi connectivity index (χ4n) is 2.86. The minimum Gasteiger partial charge on any atom is -0.487 e. The third-order valence-corrected chi connectivity index (χ3v) is 4.16. The highest BCUT2D eigenvalue weighted by Gasteiger charge is 2.17. The lowest BCUT2D eigenvalue weighted by Gasteiger charge is -2.14. The summed E-state index contributed by atoms with van der Waals surface area (Å²) in [4.78, 5) is 25.4. The van der Waals surface area contributed by atoms with Crippen molar-refractivity contribution in [3.63, 3.8) is 0 Å². The fraction of sp³-hybridized carbons (Fsp3) is 0.231. The first kappa shape index (κ1) is 22.9. The molecule has 0 amide bonds. The highest BCUT2D eigenvalue weighted by Crippen LogP contribution is 2.29. The number of carbonyl (C=O) groups excluding carboxylic acids is 2. The fourth-order valence-corrected chi connectivity index (χ4v) is 2.86. The molecule has 0 radical (unpaired) electrons. The van der Waals surface area contributed by atoms with Crippen LogP contribution in [0.15, 0.2) is 72.8 Å². The van der Waals surface area contributed by atoms with Gasteiger partial charge in [-0.3, -0.25) is 0 Å². The molecular formula is C26H26O6. The van der Waals surface area contributed by atoms with Crippen LogP contribution in [-0.4, -0.2) is 24.1 Å². The third kappa shape index (κ3) is 6.11. The number of para-hydroxylation sites is 4. The molecule has 166 valence electrons. The van der Waals surface area contributed by atoms with Gasteiger partial charge in [0.05, 0.1) is 23.3 Å². The van der Waals surface area contributed by atoms with Crippen molar-refractivity contribution in [1.82, 2.24) is 0 Å². The van der Waals surface area contributed by atoms with Gasteiger partial charge in [0, 0.05) is 0 Å². The van der Waals surface area contributed by atoms with Gasteiger partial charge in [-0.2, -0.15) is 0 Å². The van der Waals surface area contributed by atoms with E-state index in [1.54, 1.807) is 66.7 Å². The van der Waals surface area contributed by atoms with E-state index in [1.165, 1.54) is 6.07 Å². The largest absolute Gasteiger partial charge is 0.487 e. The van der Waals surface area contributed by atoms with Gasteiger partial charge in [0.15, 0.2) is 23.0 Å². The molecule has 3 aromatic rings. The number of carbonyl (C=O) groups is 2. The maximum Gasteiger partial charge on any atom is 0.343 e. The lowest BCUT2D eigenvalue weighted by atomic mass is 10.1. The molecule has 0 N–H and O–H groups in total. The Hall–Kier alpha value is -3.80. The highest BCUT2D eigenvalue weighted by atomic mass is 16.6. The van der Waals surface area contributed by atoms with E-state index in [9.17, 15) is 9.59 Å². The Morgan fingerprint density at radius 1 is 0.562 bits per heavy atom. The summed E-state index contributed by atoms with van der Waals surface area (Å²) in [7, 11) is 0. The van der Waals surface area contributed by atoms with Crippen LogP contribution < -0.4 is 18.9 Å². The topological polar surface area (TPSA) is 71.1 Å². The van der Waals surface area contributed by atoms with E-state index in [-0.39, 0.29) is 23.3 Å². The van der Waals surface area contributed by atoms with Crippen LogP contribution in [0.5, 0.6) is 23.0 Å². The van der Waals surface area contributed by atoms with E-state index in [1.807, 2.05) is 27.7 Å². The van der Waals surface area contributed by atoms with Crippen LogP contribution >= 0.6 is 0 Å². The van der Waals surface area contributed by atoms with Gasteiger partial charge in [0.2, 0.25) is 0 Å². The Labute approximate surface area is 187 Å². The third-order valence-electron chi connectivity index (χ3n) is 4.16. The summed E-state index contributed by atoms with van der Waals surface area (Å²) < 4.78 is 22.4. The van der Waals surface area contributed by atoms with E-state index in [0.29, 0.717) is 23.0 Å². The summed E-state index contributed by atoms with van der Waals surface area (Å²) in [6.45, 7) is 7.55. The molecule has 0 fully saturated rings. The molecule has 0 aliphatic carbocycles. The number of ether oxygens (including phenoxy) is 4. The summed E-state index contributed by atoms with van der Waals surface area (Å²) >= 11 is 0. The predicted molar refractivity (Wildman–Crippen MR) is 121 cm³/mol. The first-order valence-corrected chi connectivity index (χ1v) is 10.4. The first-order valence-electron chi connectivity index (χ1n) is 10.4. The Balaban J connectivity index is 1.76. The molecule has 3 rings (SSSR count). The van der Waals surface area contributed by atoms with Gasteiger partial charge in [-0.1, -0.05) is 30.3 Å². The zero-order valence-electron chi connectivity index (χ0n) is 18.5. The minimum atomic E-state index is -0.608. The zero-order chi connectivity index (χ0) is 23.1. The molecule has 0 spiro atoms. The van der Waals surface area contributed by atoms with Crippen molar-refractivity contribution in [1.29, 1.82) is 0 Å². The van der Waals surface area contributed by atoms with E-state index in [0.717, 1.165) is 0 Å². The minimum absolute atomic E-state index is 0.0736. The summed E-state index contributed by atoms with van der Waals surface area (Å²) in [5.74, 6) is 0.324. The quantitative estimate of drug-likeness (QED) is 0.335. The molecule has 0 heterocycles. The zero-order valence-corrected chi connectivity index (χ0v) is 18.5. The summed E-state index contributed by atoms with van der Waals surface area (Å²) in [5.41, 5.74) is 0.427. The molecule has 0 atom stereocenters. The number of benzene rings is 3. The van der Waals surface area contributed by atoms with Gasteiger partial charge in [0.1, 0.15) is 0 Å². The van der Waals surface area contributed by atoms with Crippen LogP contribution in [-0.2, 0) is 0 Å². The molecule has 0 saturated carbocycles. The molecule has 0 saturated heterocycles. The summed E-state index contributed by atoms with van der Waals surface area (Å²) in [5, 5.41) is 0. The van der Waals surface area contributed by atoms with E-state index < -0.39 is 11.9 Å². The van der Waals surface area contributed by atoms with Gasteiger partial charge in [0.25, 0.3) is 0 Å². The standard InChI is InChI=1S/C26H26O6/c1-17(2)29-21-12-5-7-14-23(21)31-25(27)19-10-9-11-20(16-19)26(28)32-24-15-8-6-13-22(24)30-18(3)4/h5-18H,1-4H3. The van der Waals surface area contributed by atoms with Crippen molar-refractivity contribution in [2.45, 2.75) is 39.9 Å². The Kier molecular flexibility index (Phi) is 7.49. The number of hydrogen-bond donors (Lipinski definition) is 0. The maximum absolute atomic E-state index is 12.7. The van der Waals surface area contributed by atoms with Crippen LogP contribution in [0.3, 0.4) is 0 Å². The van der Waals surface area contributed by atoms with Crippen LogP contribution in [0.1, 0.15) is 48.4 Å². The number of rotatable bonds is 8. The van der Waals surface area contributed by atoms with Gasteiger partial charge in [-0.25, -0.2) is 9.59 Å². The summed E-state index contributed by atoms with van der Waals surface area (Å²) in [6.07, 6.45) is -0.147. The van der Waals surface area contributed by atoms with Crippen LogP contribution in [0.2, 0.25) is 0 Å². The maximum atomic E-state index is 12.7. The predicted octanol–water partition coefficient (Wildman–Crippen LogP) is 5.70. The van der Waals surface area contributed by atoms with E-state index in [4.69, 9.17) is 18.9 Å². The lowest BCUT2D eigenvalue weighted by molar-refractivity contribution is 0.0724. The molecule has 0 bridgehead atoms. The second-order valence-corrected chi connectivity index (χ2v) is 7.59. The summed E-state index contributed by atoms with van der Waals surface area (Å²) in [6, 6.07) is 20.0. The van der Waals surface area contributed by atoms with Crippen LogP contribution in [0.4, 0.5) is 0 Å². The first-order chi connectivity index (χ1) is 15.3. The van der Waals surface area contributed by atoms with Gasteiger partial charge >= 0.3 is 11.9 Å². The number of esters is 2. The average Bonchev–Trinajstić information content (AvgIpc) is 2.76. The molecule has 0 aromatic heterocycles. The molecule has 32 heavy (non-hydrogen) atoms. The van der Waals surface area contributed by atoms with Crippen molar-refractivity contribution >= 4 is 11.9 Å². The Bertz CT molecular complexity index is 1000. The van der Waals surface area contributed by atoms with Crippen LogP contribution in [0.25, 0.3) is 0 Å². The Morgan fingerprint density at radius 3 is 1.31 bits per heavy atom. The molecule has 0 unspecified atom stereocenters. The Morgan fingerprint density at radius 2 is 0.938 bits per heavy atom. The van der Waals surface area contributed by atoms with E-state index >= 15 is 0 Å². The number of hydrogen-bond acceptors (Lipinski definition) is 6. The molecule has 0 aliphatic rings. The SMILES string of the molecule is CC(C)Oc1ccccc1OC(=O)c1cccc(C(=O)Oc2ccccc2OC(C)C)c1. The molecule has 6 heteroatoms. The normalized spacial score (nSPS) is 10.7. The molecular weight excluding hydrogens is 408 g/mol. The van der Waals surface area contributed by atoms with E-state index in [2.05, 4.69) is 0 Å². The molecule has 0 aliphatic heterocycles. The van der Waals surface area contributed by atoms with Crippen molar-refractivity contribution in [2.75, 3.05) is 0 Å².